The molecule has 0 fully saturated rings. The molecule has 5 nitrogen and oxygen atoms in total. The van der Waals surface area contributed by atoms with Crippen molar-refractivity contribution < 1.29 is 9.59 Å². The summed E-state index contributed by atoms with van der Waals surface area (Å²) in [5.74, 6) is -0.592. The first-order valence-corrected chi connectivity index (χ1v) is 7.53. The third kappa shape index (κ3) is 4.82. The summed E-state index contributed by atoms with van der Waals surface area (Å²) < 4.78 is 0. The summed E-state index contributed by atoms with van der Waals surface area (Å²) in [6.07, 6.45) is 0.192. The van der Waals surface area contributed by atoms with Crippen LogP contribution < -0.4 is 10.6 Å². The molecule has 0 aromatic heterocycles. The molecule has 0 saturated carbocycles. The molecule has 5 heteroatoms. The van der Waals surface area contributed by atoms with E-state index in [0.29, 0.717) is 12.1 Å². The number of fused-ring (bicyclic) bond motifs is 1. The molecule has 0 bridgehead atoms. The number of hydrogen-bond donors (Lipinski definition) is 2. The normalized spacial score (nSPS) is 11.5. The minimum atomic E-state index is -0.217. The van der Waals surface area contributed by atoms with Gasteiger partial charge in [0.1, 0.15) is 0 Å². The first kappa shape index (κ1) is 16.5. The number of nitriles is 1. The Morgan fingerprint density at radius 3 is 2.61 bits per heavy atom. The molecule has 2 amide bonds. The maximum absolute atomic E-state index is 12.1. The van der Waals surface area contributed by atoms with Gasteiger partial charge in [-0.3, -0.25) is 9.59 Å². The van der Waals surface area contributed by atoms with Crippen molar-refractivity contribution in [2.45, 2.75) is 13.3 Å². The predicted octanol–water partition coefficient (Wildman–Crippen LogP) is 2.24. The quantitative estimate of drug-likeness (QED) is 0.858. The Kier molecular flexibility index (Phi) is 5.70. The fourth-order valence-electron chi connectivity index (χ4n) is 2.12. The molecule has 23 heavy (non-hydrogen) atoms. The Labute approximate surface area is 135 Å². The van der Waals surface area contributed by atoms with Gasteiger partial charge in [0.15, 0.2) is 0 Å². The largest absolute Gasteiger partial charge is 0.355 e. The Hall–Kier alpha value is -2.87. The number of rotatable bonds is 6. The molecule has 0 saturated heterocycles. The summed E-state index contributed by atoms with van der Waals surface area (Å²) in [6.45, 7) is 2.33. The smallest absolute Gasteiger partial charge is 0.251 e. The van der Waals surface area contributed by atoms with Crippen molar-refractivity contribution >= 4 is 22.6 Å². The van der Waals surface area contributed by atoms with Crippen LogP contribution in [0.2, 0.25) is 0 Å². The highest BCUT2D eigenvalue weighted by molar-refractivity contribution is 5.98. The fourth-order valence-corrected chi connectivity index (χ4v) is 2.12. The molecule has 0 aliphatic rings. The van der Waals surface area contributed by atoms with E-state index in [0.717, 1.165) is 10.8 Å². The molecular weight excluding hydrogens is 290 g/mol. The van der Waals surface area contributed by atoms with Crippen LogP contribution in [0.25, 0.3) is 10.8 Å². The molecule has 0 spiro atoms. The van der Waals surface area contributed by atoms with E-state index >= 15 is 0 Å². The van der Waals surface area contributed by atoms with Crippen LogP contribution in [0.5, 0.6) is 0 Å². The van der Waals surface area contributed by atoms with Gasteiger partial charge in [-0.1, -0.05) is 30.3 Å². The molecule has 2 aromatic rings. The average molecular weight is 309 g/mol. The Morgan fingerprint density at radius 1 is 1.13 bits per heavy atom. The lowest BCUT2D eigenvalue weighted by Crippen LogP contribution is -2.32. The van der Waals surface area contributed by atoms with Gasteiger partial charge in [0.2, 0.25) is 5.91 Å². The first-order valence-electron chi connectivity index (χ1n) is 7.53. The van der Waals surface area contributed by atoms with Crippen LogP contribution in [0, 0.1) is 17.2 Å². The molecule has 0 aliphatic heterocycles. The van der Waals surface area contributed by atoms with Crippen LogP contribution >= 0.6 is 0 Å². The minimum Gasteiger partial charge on any atom is -0.355 e. The van der Waals surface area contributed by atoms with Gasteiger partial charge in [0, 0.05) is 25.1 Å². The summed E-state index contributed by atoms with van der Waals surface area (Å²) in [5.41, 5.74) is 0.571. The van der Waals surface area contributed by atoms with Crippen LogP contribution in [0.1, 0.15) is 23.7 Å². The lowest BCUT2D eigenvalue weighted by molar-refractivity contribution is -0.121. The number of hydrogen-bond acceptors (Lipinski definition) is 3. The summed E-state index contributed by atoms with van der Waals surface area (Å²) in [5, 5.41) is 16.1. The van der Waals surface area contributed by atoms with Crippen LogP contribution in [0.15, 0.2) is 42.5 Å². The summed E-state index contributed by atoms with van der Waals surface area (Å²) in [6, 6.07) is 15.4. The molecule has 0 unspecified atom stereocenters. The number of amides is 2. The van der Waals surface area contributed by atoms with Gasteiger partial charge < -0.3 is 10.6 Å². The second-order valence-corrected chi connectivity index (χ2v) is 5.40. The van der Waals surface area contributed by atoms with E-state index in [9.17, 15) is 9.59 Å². The molecule has 0 aliphatic carbocycles. The van der Waals surface area contributed by atoms with E-state index in [1.807, 2.05) is 42.5 Å². The minimum absolute atomic E-state index is 0.175. The number of nitrogens with zero attached hydrogens (tertiary/aromatic N) is 1. The Balaban J connectivity index is 1.82. The zero-order valence-corrected chi connectivity index (χ0v) is 13.0. The molecule has 1 atom stereocenters. The predicted molar refractivity (Wildman–Crippen MR) is 88.7 cm³/mol. The van der Waals surface area contributed by atoms with Crippen LogP contribution in [-0.4, -0.2) is 24.9 Å². The van der Waals surface area contributed by atoms with E-state index in [2.05, 4.69) is 10.6 Å². The van der Waals surface area contributed by atoms with Gasteiger partial charge in [-0.15, -0.1) is 0 Å². The van der Waals surface area contributed by atoms with Gasteiger partial charge in [-0.2, -0.15) is 5.26 Å². The van der Waals surface area contributed by atoms with E-state index in [1.165, 1.54) is 0 Å². The van der Waals surface area contributed by atoms with Crippen molar-refractivity contribution in [3.63, 3.8) is 0 Å². The van der Waals surface area contributed by atoms with E-state index in [4.69, 9.17) is 5.26 Å². The van der Waals surface area contributed by atoms with Crippen LogP contribution in [0.3, 0.4) is 0 Å². The van der Waals surface area contributed by atoms with Crippen molar-refractivity contribution in [3.05, 3.63) is 48.0 Å². The maximum Gasteiger partial charge on any atom is 0.251 e. The third-order valence-electron chi connectivity index (χ3n) is 3.48. The second kappa shape index (κ2) is 7.95. The molecule has 118 valence electrons. The van der Waals surface area contributed by atoms with E-state index in [1.54, 1.807) is 13.0 Å². The van der Waals surface area contributed by atoms with E-state index < -0.39 is 0 Å². The standard InChI is InChI=1S/C18H19N3O2/c1-13(11-19)12-21-17(22)8-9-20-18(23)16-7-6-14-4-2-3-5-15(14)10-16/h2-7,10,13H,8-9,12H2,1H3,(H,20,23)(H,21,22)/t13-/m0/s1. The van der Waals surface area contributed by atoms with Crippen molar-refractivity contribution in [2.75, 3.05) is 13.1 Å². The molecule has 2 aromatic carbocycles. The van der Waals surface area contributed by atoms with Crippen molar-refractivity contribution in [2.24, 2.45) is 5.92 Å². The average Bonchev–Trinajstić information content (AvgIpc) is 2.59. The Morgan fingerprint density at radius 2 is 1.87 bits per heavy atom. The highest BCUT2D eigenvalue weighted by Crippen LogP contribution is 2.15. The van der Waals surface area contributed by atoms with Gasteiger partial charge in [0.05, 0.1) is 12.0 Å². The van der Waals surface area contributed by atoms with Crippen LogP contribution in [-0.2, 0) is 4.79 Å². The van der Waals surface area contributed by atoms with Crippen molar-refractivity contribution in [3.8, 4) is 6.07 Å². The highest BCUT2D eigenvalue weighted by atomic mass is 16.2. The third-order valence-corrected chi connectivity index (χ3v) is 3.48. The zero-order valence-electron chi connectivity index (χ0n) is 13.0. The maximum atomic E-state index is 12.1. The summed E-state index contributed by atoms with van der Waals surface area (Å²) in [4.78, 5) is 23.7. The van der Waals surface area contributed by atoms with Gasteiger partial charge >= 0.3 is 0 Å². The van der Waals surface area contributed by atoms with Crippen LogP contribution in [0.4, 0.5) is 0 Å². The van der Waals surface area contributed by atoms with E-state index in [-0.39, 0.29) is 30.7 Å². The molecule has 0 heterocycles. The zero-order chi connectivity index (χ0) is 16.7. The van der Waals surface area contributed by atoms with Gasteiger partial charge in [-0.25, -0.2) is 0 Å². The number of carbonyl (C=O) groups excluding carboxylic acids is 2. The fraction of sp³-hybridized carbons (Fsp3) is 0.278. The van der Waals surface area contributed by atoms with Gasteiger partial charge in [-0.05, 0) is 29.8 Å². The second-order valence-electron chi connectivity index (χ2n) is 5.40. The van der Waals surface area contributed by atoms with Crippen molar-refractivity contribution in [1.82, 2.24) is 10.6 Å². The summed E-state index contributed by atoms with van der Waals surface area (Å²) in [7, 11) is 0. The first-order chi connectivity index (χ1) is 11.1. The molecule has 2 rings (SSSR count). The Bertz CT molecular complexity index is 749. The lowest BCUT2D eigenvalue weighted by Gasteiger charge is -2.08. The topological polar surface area (TPSA) is 82.0 Å². The van der Waals surface area contributed by atoms with Gasteiger partial charge in [0.25, 0.3) is 5.91 Å². The number of carbonyl (C=O) groups is 2. The summed E-state index contributed by atoms with van der Waals surface area (Å²) >= 11 is 0. The number of nitrogens with one attached hydrogen (secondary N) is 2. The lowest BCUT2D eigenvalue weighted by atomic mass is 10.1. The SMILES string of the molecule is C[C@@H](C#N)CNC(=O)CCNC(=O)c1ccc2ccccc2c1. The highest BCUT2D eigenvalue weighted by Gasteiger charge is 2.08. The molecule has 2 N–H and O–H groups in total. The molecule has 0 radical (unpaired) electrons. The number of benzene rings is 2. The molecular formula is C18H19N3O2. The van der Waals surface area contributed by atoms with Crippen molar-refractivity contribution in [1.29, 1.82) is 5.26 Å². The monoisotopic (exact) mass is 309 g/mol.